The number of carbonyl (C=O) groups is 1. The average molecular weight is 174 g/mol. The van der Waals surface area contributed by atoms with Crippen molar-refractivity contribution >= 4 is 5.97 Å². The number of hydrogen-bond donors (Lipinski definition) is 0. The van der Waals surface area contributed by atoms with Gasteiger partial charge >= 0.3 is 5.97 Å². The molecular formula is C10H22O2. The molecule has 0 spiro atoms. The van der Waals surface area contributed by atoms with Crippen LogP contribution < -0.4 is 0 Å². The molecule has 0 fully saturated rings. The number of hydrogen-bond acceptors (Lipinski definition) is 2. The third-order valence-corrected chi connectivity index (χ3v) is 0.450. The molecule has 0 bridgehead atoms. The minimum absolute atomic E-state index is 0.225. The Labute approximate surface area is 76.3 Å². The highest BCUT2D eigenvalue weighted by atomic mass is 16.6. The molecule has 0 rings (SSSR count). The molecule has 0 atom stereocenters. The Bertz CT molecular complexity index is 118. The zero-order valence-electron chi connectivity index (χ0n) is 9.39. The number of ether oxygens (including phenoxy) is 1. The Morgan fingerprint density at radius 3 is 1.42 bits per heavy atom. The lowest BCUT2D eigenvalue weighted by Gasteiger charge is -2.17. The molecule has 0 aliphatic heterocycles. The maximum absolute atomic E-state index is 10.2. The molecule has 0 N–H and O–H groups in total. The zero-order chi connectivity index (χ0) is 10.4. The normalized spacial score (nSPS) is 10.3. The molecule has 12 heavy (non-hydrogen) atoms. The van der Waals surface area contributed by atoms with E-state index in [9.17, 15) is 4.79 Å². The van der Waals surface area contributed by atoms with Gasteiger partial charge in [-0.2, -0.15) is 0 Å². The van der Waals surface area contributed by atoms with Gasteiger partial charge in [-0.05, 0) is 26.7 Å². The molecule has 0 saturated heterocycles. The smallest absolute Gasteiger partial charge is 0.303 e. The summed E-state index contributed by atoms with van der Waals surface area (Å²) < 4.78 is 4.80. The van der Waals surface area contributed by atoms with Crippen LogP contribution in [0.3, 0.4) is 0 Å². The lowest BCUT2D eigenvalue weighted by Crippen LogP contribution is -2.21. The van der Waals surface area contributed by atoms with Gasteiger partial charge in [0.2, 0.25) is 0 Å². The van der Waals surface area contributed by atoms with Crippen LogP contribution in [0.1, 0.15) is 48.5 Å². The second-order valence-corrected chi connectivity index (χ2v) is 4.44. The van der Waals surface area contributed by atoms with E-state index < -0.39 is 0 Å². The monoisotopic (exact) mass is 174 g/mol. The van der Waals surface area contributed by atoms with Crippen molar-refractivity contribution in [2.45, 2.75) is 54.1 Å². The van der Waals surface area contributed by atoms with Gasteiger partial charge in [-0.25, -0.2) is 0 Å². The molecule has 2 nitrogen and oxygen atoms in total. The highest BCUT2D eigenvalue weighted by molar-refractivity contribution is 5.66. The second-order valence-electron chi connectivity index (χ2n) is 4.44. The topological polar surface area (TPSA) is 26.3 Å². The van der Waals surface area contributed by atoms with Crippen molar-refractivity contribution < 1.29 is 9.53 Å². The summed E-state index contributed by atoms with van der Waals surface area (Å²) >= 11 is 0. The van der Waals surface area contributed by atoms with E-state index in [0.29, 0.717) is 0 Å². The highest BCUT2D eigenvalue weighted by Gasteiger charge is 2.11. The maximum atomic E-state index is 10.2. The molecule has 0 aromatic carbocycles. The van der Waals surface area contributed by atoms with Gasteiger partial charge in [-0.1, -0.05) is 20.8 Å². The van der Waals surface area contributed by atoms with Crippen molar-refractivity contribution in [3.8, 4) is 0 Å². The fourth-order valence-corrected chi connectivity index (χ4v) is 0.431. The number of carbonyl (C=O) groups excluding carboxylic acids is 1. The van der Waals surface area contributed by atoms with Crippen LogP contribution in [-0.4, -0.2) is 11.6 Å². The summed E-state index contributed by atoms with van der Waals surface area (Å²) in [6, 6.07) is 0. The van der Waals surface area contributed by atoms with E-state index in [1.165, 1.54) is 6.92 Å². The van der Waals surface area contributed by atoms with Gasteiger partial charge in [0, 0.05) is 6.92 Å². The Hall–Kier alpha value is -0.530. The van der Waals surface area contributed by atoms with Gasteiger partial charge in [-0.3, -0.25) is 4.79 Å². The number of rotatable bonds is 0. The Morgan fingerprint density at radius 2 is 1.42 bits per heavy atom. The second kappa shape index (κ2) is 6.04. The molecule has 0 heterocycles. The quantitative estimate of drug-likeness (QED) is 0.528. The predicted molar refractivity (Wildman–Crippen MR) is 52.0 cm³/mol. The summed E-state index contributed by atoms with van der Waals surface area (Å²) in [4.78, 5) is 10.2. The third kappa shape index (κ3) is 34.0. The van der Waals surface area contributed by atoms with Crippen LogP contribution in [-0.2, 0) is 9.53 Å². The largest absolute Gasteiger partial charge is 0.460 e. The minimum Gasteiger partial charge on any atom is -0.460 e. The van der Waals surface area contributed by atoms with E-state index in [2.05, 4.69) is 20.8 Å². The molecular weight excluding hydrogens is 152 g/mol. The first kappa shape index (κ1) is 14.0. The number of esters is 1. The zero-order valence-corrected chi connectivity index (χ0v) is 9.39. The summed E-state index contributed by atoms with van der Waals surface area (Å²) in [5.74, 6) is 0.609. The SMILES string of the molecule is CC(=O)OC(C)(C)C.CC(C)C. The lowest BCUT2D eigenvalue weighted by atomic mass is 10.2. The lowest BCUT2D eigenvalue weighted by molar-refractivity contribution is -0.151. The molecule has 2 heteroatoms. The van der Waals surface area contributed by atoms with Gasteiger partial charge in [0.25, 0.3) is 0 Å². The fraction of sp³-hybridized carbons (Fsp3) is 0.900. The molecule has 0 radical (unpaired) electrons. The molecule has 74 valence electrons. The molecule has 0 aliphatic rings. The van der Waals surface area contributed by atoms with Crippen molar-refractivity contribution in [1.82, 2.24) is 0 Å². The van der Waals surface area contributed by atoms with Gasteiger partial charge in [0.15, 0.2) is 0 Å². The molecule has 0 unspecified atom stereocenters. The maximum Gasteiger partial charge on any atom is 0.303 e. The molecule has 0 aliphatic carbocycles. The predicted octanol–water partition coefficient (Wildman–Crippen LogP) is 3.01. The van der Waals surface area contributed by atoms with Crippen LogP contribution in [0.15, 0.2) is 0 Å². The molecule has 0 aromatic rings. The van der Waals surface area contributed by atoms with Crippen LogP contribution in [0, 0.1) is 5.92 Å². The van der Waals surface area contributed by atoms with E-state index in [0.717, 1.165) is 5.92 Å². The van der Waals surface area contributed by atoms with E-state index in [4.69, 9.17) is 4.74 Å². The Kier molecular flexibility index (Phi) is 7.05. The summed E-state index contributed by atoms with van der Waals surface area (Å²) in [5, 5.41) is 0. The Balaban J connectivity index is 0. The van der Waals surface area contributed by atoms with Crippen molar-refractivity contribution in [1.29, 1.82) is 0 Å². The van der Waals surface area contributed by atoms with Crippen LogP contribution in [0.4, 0.5) is 0 Å². The molecule has 0 aromatic heterocycles. The van der Waals surface area contributed by atoms with Crippen molar-refractivity contribution in [3.63, 3.8) is 0 Å². The summed E-state index contributed by atoms with van der Waals surface area (Å²) in [6.45, 7) is 13.4. The minimum atomic E-state index is -0.328. The van der Waals surface area contributed by atoms with E-state index in [1.807, 2.05) is 20.8 Å². The standard InChI is InChI=1S/C6H12O2.C4H10/c1-5(7)8-6(2,3)4;1-4(2)3/h1-4H3;4H,1-3H3. The van der Waals surface area contributed by atoms with Gasteiger partial charge in [-0.15, -0.1) is 0 Å². The molecule has 0 saturated carbocycles. The van der Waals surface area contributed by atoms with Crippen molar-refractivity contribution in [2.75, 3.05) is 0 Å². The van der Waals surface area contributed by atoms with Crippen LogP contribution in [0.2, 0.25) is 0 Å². The van der Waals surface area contributed by atoms with E-state index in [-0.39, 0.29) is 11.6 Å². The van der Waals surface area contributed by atoms with Crippen molar-refractivity contribution in [3.05, 3.63) is 0 Å². The summed E-state index contributed by atoms with van der Waals surface area (Å²) in [6.07, 6.45) is 0. The van der Waals surface area contributed by atoms with Crippen molar-refractivity contribution in [2.24, 2.45) is 5.92 Å². The first-order chi connectivity index (χ1) is 5.15. The van der Waals surface area contributed by atoms with Gasteiger partial charge < -0.3 is 4.74 Å². The fourth-order valence-electron chi connectivity index (χ4n) is 0.431. The van der Waals surface area contributed by atoms with Crippen LogP contribution in [0.25, 0.3) is 0 Å². The Morgan fingerprint density at radius 1 is 1.17 bits per heavy atom. The average Bonchev–Trinajstić information content (AvgIpc) is 1.52. The van der Waals surface area contributed by atoms with Crippen LogP contribution in [0.5, 0.6) is 0 Å². The van der Waals surface area contributed by atoms with Crippen LogP contribution >= 0.6 is 0 Å². The first-order valence-electron chi connectivity index (χ1n) is 4.34. The summed E-state index contributed by atoms with van der Waals surface area (Å²) in [7, 11) is 0. The highest BCUT2D eigenvalue weighted by Crippen LogP contribution is 2.05. The van der Waals surface area contributed by atoms with E-state index in [1.54, 1.807) is 0 Å². The molecule has 0 amide bonds. The first-order valence-corrected chi connectivity index (χ1v) is 4.34. The summed E-state index contributed by atoms with van der Waals surface area (Å²) in [5.41, 5.74) is -0.328. The van der Waals surface area contributed by atoms with E-state index >= 15 is 0 Å². The van der Waals surface area contributed by atoms with Gasteiger partial charge in [0.1, 0.15) is 5.60 Å². The van der Waals surface area contributed by atoms with Gasteiger partial charge in [0.05, 0.1) is 0 Å². The third-order valence-electron chi connectivity index (χ3n) is 0.450.